The smallest absolute Gasteiger partial charge is 0.355 e. The van der Waals surface area contributed by atoms with Crippen molar-refractivity contribution in [1.29, 1.82) is 0 Å². The van der Waals surface area contributed by atoms with E-state index < -0.39 is 0 Å². The van der Waals surface area contributed by atoms with E-state index in [4.69, 9.17) is 21.1 Å². The summed E-state index contributed by atoms with van der Waals surface area (Å²) in [6.45, 7) is 2.93. The van der Waals surface area contributed by atoms with Crippen LogP contribution in [0.2, 0.25) is 5.02 Å². The maximum atomic E-state index is 13.2. The van der Waals surface area contributed by atoms with Crippen LogP contribution in [0.15, 0.2) is 36.5 Å². The van der Waals surface area contributed by atoms with E-state index in [0.717, 1.165) is 28.6 Å². The van der Waals surface area contributed by atoms with Gasteiger partial charge in [0.2, 0.25) is 5.88 Å². The zero-order valence-electron chi connectivity index (χ0n) is 17.5. The van der Waals surface area contributed by atoms with Crippen LogP contribution < -0.4 is 4.74 Å². The first-order valence-electron chi connectivity index (χ1n) is 10.6. The third-order valence-corrected chi connectivity index (χ3v) is 6.13. The second-order valence-corrected chi connectivity index (χ2v) is 8.22. The number of halogens is 1. The van der Waals surface area contributed by atoms with Crippen LogP contribution in [0.5, 0.6) is 5.88 Å². The number of hydrogen-bond acceptors (Lipinski definition) is 4. The van der Waals surface area contributed by atoms with Gasteiger partial charge in [0.15, 0.2) is 0 Å². The van der Waals surface area contributed by atoms with Gasteiger partial charge in [-0.3, -0.25) is 0 Å². The van der Waals surface area contributed by atoms with Gasteiger partial charge in [0.1, 0.15) is 5.69 Å². The van der Waals surface area contributed by atoms with E-state index in [9.17, 15) is 4.79 Å². The van der Waals surface area contributed by atoms with E-state index in [1.165, 1.54) is 32.1 Å². The fourth-order valence-electron chi connectivity index (χ4n) is 4.57. The van der Waals surface area contributed by atoms with Crippen LogP contribution in [0, 0.1) is 5.92 Å². The zero-order valence-corrected chi connectivity index (χ0v) is 18.2. The lowest BCUT2D eigenvalue weighted by Crippen LogP contribution is -2.19. The van der Waals surface area contributed by atoms with E-state index >= 15 is 0 Å². The number of carbonyl (C=O) groups excluding carboxylic acids is 1. The predicted molar refractivity (Wildman–Crippen MR) is 119 cm³/mol. The van der Waals surface area contributed by atoms with Crippen molar-refractivity contribution in [2.45, 2.75) is 45.6 Å². The molecule has 158 valence electrons. The molecule has 0 radical (unpaired) electrons. The molecule has 1 aliphatic carbocycles. The monoisotopic (exact) mass is 426 g/mol. The largest absolute Gasteiger partial charge is 0.481 e. The van der Waals surface area contributed by atoms with E-state index in [2.05, 4.69) is 9.55 Å². The molecule has 0 atom stereocenters. The van der Waals surface area contributed by atoms with Gasteiger partial charge >= 0.3 is 5.97 Å². The molecule has 0 unspecified atom stereocenters. The van der Waals surface area contributed by atoms with Crippen molar-refractivity contribution in [3.8, 4) is 17.0 Å². The Morgan fingerprint density at radius 2 is 2.03 bits per heavy atom. The molecule has 30 heavy (non-hydrogen) atoms. The molecule has 1 fully saturated rings. The van der Waals surface area contributed by atoms with Gasteiger partial charge in [-0.1, -0.05) is 30.9 Å². The highest BCUT2D eigenvalue weighted by Gasteiger charge is 2.28. The normalized spacial score (nSPS) is 14.8. The molecule has 3 aromatic rings. The highest BCUT2D eigenvalue weighted by molar-refractivity contribution is 6.31. The van der Waals surface area contributed by atoms with Crippen LogP contribution in [-0.4, -0.2) is 29.2 Å². The summed E-state index contributed by atoms with van der Waals surface area (Å²) in [6, 6.07) is 9.56. The summed E-state index contributed by atoms with van der Waals surface area (Å²) in [4.78, 5) is 17.6. The molecule has 6 heteroatoms. The minimum Gasteiger partial charge on any atom is -0.481 e. The van der Waals surface area contributed by atoms with Crippen molar-refractivity contribution in [3.05, 3.63) is 47.2 Å². The van der Waals surface area contributed by atoms with Crippen LogP contribution in [0.3, 0.4) is 0 Å². The van der Waals surface area contributed by atoms with E-state index in [1.807, 2.05) is 37.3 Å². The average molecular weight is 427 g/mol. The Morgan fingerprint density at radius 3 is 2.77 bits per heavy atom. The molecular weight excluding hydrogens is 400 g/mol. The fraction of sp³-hybridized carbons (Fsp3) is 0.417. The van der Waals surface area contributed by atoms with Gasteiger partial charge in [0.05, 0.1) is 13.7 Å². The van der Waals surface area contributed by atoms with Crippen LogP contribution in [-0.2, 0) is 11.3 Å². The fourth-order valence-corrected chi connectivity index (χ4v) is 4.74. The first kappa shape index (κ1) is 20.7. The summed E-state index contributed by atoms with van der Waals surface area (Å²) < 4.78 is 13.2. The topological polar surface area (TPSA) is 53.4 Å². The lowest BCUT2D eigenvalue weighted by molar-refractivity contribution is 0.0513. The second-order valence-electron chi connectivity index (χ2n) is 7.78. The number of aromatic nitrogens is 2. The van der Waals surface area contributed by atoms with Gasteiger partial charge in [-0.2, -0.15) is 0 Å². The van der Waals surface area contributed by atoms with Crippen LogP contribution >= 0.6 is 11.6 Å². The molecule has 2 heterocycles. The molecule has 5 nitrogen and oxygen atoms in total. The SMILES string of the molecule is CCOC(=O)c1c(-c2cccnc2OC)c2cc(Cl)ccc2n1CC1CCCCC1. The average Bonchev–Trinajstić information content (AvgIpc) is 3.07. The summed E-state index contributed by atoms with van der Waals surface area (Å²) >= 11 is 6.37. The molecule has 0 N–H and O–H groups in total. The number of carbonyl (C=O) groups is 1. The summed E-state index contributed by atoms with van der Waals surface area (Å²) in [5, 5.41) is 1.53. The maximum absolute atomic E-state index is 13.2. The van der Waals surface area contributed by atoms with E-state index in [1.54, 1.807) is 13.3 Å². The van der Waals surface area contributed by atoms with Crippen LogP contribution in [0.25, 0.3) is 22.0 Å². The second kappa shape index (κ2) is 9.09. The quantitative estimate of drug-likeness (QED) is 0.445. The van der Waals surface area contributed by atoms with Crippen molar-refractivity contribution < 1.29 is 14.3 Å². The molecule has 0 saturated heterocycles. The zero-order chi connectivity index (χ0) is 21.1. The Kier molecular flexibility index (Phi) is 6.28. The number of esters is 1. The van der Waals surface area contributed by atoms with Crippen LogP contribution in [0.4, 0.5) is 0 Å². The van der Waals surface area contributed by atoms with Gasteiger partial charge in [-0.25, -0.2) is 9.78 Å². The van der Waals surface area contributed by atoms with Crippen molar-refractivity contribution in [2.75, 3.05) is 13.7 Å². The molecule has 1 aromatic carbocycles. The van der Waals surface area contributed by atoms with Gasteiger partial charge in [0.25, 0.3) is 0 Å². The van der Waals surface area contributed by atoms with Gasteiger partial charge in [-0.15, -0.1) is 0 Å². The van der Waals surface area contributed by atoms with Gasteiger partial charge in [0, 0.05) is 39.8 Å². The number of rotatable bonds is 6. The number of pyridine rings is 1. The molecule has 1 aliphatic rings. The number of hydrogen-bond donors (Lipinski definition) is 0. The summed E-state index contributed by atoms with van der Waals surface area (Å²) in [5.41, 5.74) is 3.06. The first-order valence-corrected chi connectivity index (χ1v) is 11.0. The number of ether oxygens (including phenoxy) is 2. The summed E-state index contributed by atoms with van der Waals surface area (Å²) in [6.07, 6.45) is 7.82. The van der Waals surface area contributed by atoms with Crippen molar-refractivity contribution in [1.82, 2.24) is 9.55 Å². The Bertz CT molecular complexity index is 1050. The molecule has 0 spiro atoms. The Balaban J connectivity index is 1.99. The molecule has 0 amide bonds. The first-order chi connectivity index (χ1) is 14.6. The molecule has 2 aromatic heterocycles. The summed E-state index contributed by atoms with van der Waals surface area (Å²) in [7, 11) is 1.59. The lowest BCUT2D eigenvalue weighted by Gasteiger charge is -2.23. The number of nitrogens with zero attached hydrogens (tertiary/aromatic N) is 2. The Hall–Kier alpha value is -2.53. The Morgan fingerprint density at radius 1 is 1.23 bits per heavy atom. The summed E-state index contributed by atoms with van der Waals surface area (Å²) in [5.74, 6) is 0.683. The lowest BCUT2D eigenvalue weighted by atomic mass is 9.89. The number of methoxy groups -OCH3 is 1. The van der Waals surface area contributed by atoms with Gasteiger partial charge in [-0.05, 0) is 56.0 Å². The number of benzene rings is 1. The minimum atomic E-state index is -0.332. The minimum absolute atomic E-state index is 0.314. The van der Waals surface area contributed by atoms with Crippen molar-refractivity contribution in [2.24, 2.45) is 5.92 Å². The standard InChI is InChI=1S/C24H27ClN2O3/c1-3-30-24(28)22-21(18-10-7-13-26-23(18)29-2)19-14-17(25)11-12-20(19)27(22)15-16-8-5-4-6-9-16/h7,10-14,16H,3-6,8-9,15H2,1-2H3. The maximum Gasteiger partial charge on any atom is 0.355 e. The third-order valence-electron chi connectivity index (χ3n) is 5.89. The molecular formula is C24H27ClN2O3. The molecule has 1 saturated carbocycles. The Labute approximate surface area is 182 Å². The van der Waals surface area contributed by atoms with Gasteiger partial charge < -0.3 is 14.0 Å². The van der Waals surface area contributed by atoms with E-state index in [0.29, 0.717) is 29.1 Å². The molecule has 0 aliphatic heterocycles. The third kappa shape index (κ3) is 3.91. The van der Waals surface area contributed by atoms with E-state index in [-0.39, 0.29) is 5.97 Å². The van der Waals surface area contributed by atoms with Crippen LogP contribution in [0.1, 0.15) is 49.5 Å². The predicted octanol–water partition coefficient (Wildman–Crippen LogP) is 6.12. The molecule has 4 rings (SSSR count). The van der Waals surface area contributed by atoms with Crippen molar-refractivity contribution >= 4 is 28.5 Å². The number of fused-ring (bicyclic) bond motifs is 1. The molecule has 0 bridgehead atoms. The van der Waals surface area contributed by atoms with Crippen molar-refractivity contribution in [3.63, 3.8) is 0 Å². The highest BCUT2D eigenvalue weighted by Crippen LogP contribution is 2.41. The highest BCUT2D eigenvalue weighted by atomic mass is 35.5.